The lowest BCUT2D eigenvalue weighted by Gasteiger charge is -2.04. The van der Waals surface area contributed by atoms with Gasteiger partial charge in [-0.15, -0.1) is 0 Å². The molecule has 0 amide bonds. The zero-order valence-electron chi connectivity index (χ0n) is 9.86. The van der Waals surface area contributed by atoms with E-state index in [-0.39, 0.29) is 0 Å². The Morgan fingerprint density at radius 1 is 1.24 bits per heavy atom. The van der Waals surface area contributed by atoms with E-state index >= 15 is 0 Å². The van der Waals surface area contributed by atoms with Crippen molar-refractivity contribution in [2.75, 3.05) is 0 Å². The van der Waals surface area contributed by atoms with Crippen molar-refractivity contribution >= 4 is 17.4 Å². The predicted molar refractivity (Wildman–Crippen MR) is 69.1 cm³/mol. The first-order chi connectivity index (χ1) is 8.25. The van der Waals surface area contributed by atoms with E-state index in [0.717, 1.165) is 22.4 Å². The van der Waals surface area contributed by atoms with Crippen molar-refractivity contribution in [3.63, 3.8) is 0 Å². The minimum atomic E-state index is 0.372. The Morgan fingerprint density at radius 2 is 1.94 bits per heavy atom. The molecule has 1 nitrogen and oxygen atoms in total. The van der Waals surface area contributed by atoms with Crippen molar-refractivity contribution < 1.29 is 4.79 Å². The second kappa shape index (κ2) is 4.45. The summed E-state index contributed by atoms with van der Waals surface area (Å²) < 4.78 is 0. The van der Waals surface area contributed by atoms with Crippen LogP contribution in [0.25, 0.3) is 0 Å². The summed E-state index contributed by atoms with van der Waals surface area (Å²) in [7, 11) is 0. The Balaban J connectivity index is 1.64. The molecular weight excluding hydrogens is 232 g/mol. The Kier molecular flexibility index (Phi) is 2.96. The van der Waals surface area contributed by atoms with E-state index in [1.54, 1.807) is 0 Å². The monoisotopic (exact) mass is 248 g/mol. The van der Waals surface area contributed by atoms with Gasteiger partial charge in [-0.25, -0.2) is 0 Å². The highest BCUT2D eigenvalue weighted by molar-refractivity contribution is 6.30. The van der Waals surface area contributed by atoms with Crippen LogP contribution in [0, 0.1) is 17.8 Å². The maximum absolute atomic E-state index is 12.2. The predicted octanol–water partition coefficient (Wildman–Crippen LogP) is 3.89. The number of ketones is 1. The van der Waals surface area contributed by atoms with Crippen molar-refractivity contribution in [3.05, 3.63) is 34.9 Å². The lowest BCUT2D eigenvalue weighted by atomic mass is 10.0. The third kappa shape index (κ3) is 2.26. The summed E-state index contributed by atoms with van der Waals surface area (Å²) in [5.74, 6) is 2.24. The Morgan fingerprint density at radius 3 is 2.59 bits per heavy atom. The third-order valence-electron chi connectivity index (χ3n) is 4.30. The lowest BCUT2D eigenvalue weighted by molar-refractivity contribution is -0.120. The van der Waals surface area contributed by atoms with E-state index < -0.39 is 0 Å². The summed E-state index contributed by atoms with van der Waals surface area (Å²) in [6, 6.07) is 7.68. The van der Waals surface area contributed by atoms with Crippen LogP contribution in [0.4, 0.5) is 0 Å². The largest absolute Gasteiger partial charge is 0.299 e. The van der Waals surface area contributed by atoms with Crippen LogP contribution in [0.3, 0.4) is 0 Å². The van der Waals surface area contributed by atoms with Crippen molar-refractivity contribution in [1.82, 2.24) is 0 Å². The highest BCUT2D eigenvalue weighted by Crippen LogP contribution is 2.56. The fraction of sp³-hybridized carbons (Fsp3) is 0.533. The number of carbonyl (C=O) groups excluding carboxylic acids is 1. The molecule has 0 aliphatic heterocycles. The van der Waals surface area contributed by atoms with Crippen LogP contribution in [0.1, 0.15) is 31.2 Å². The van der Waals surface area contributed by atoms with E-state index in [1.807, 2.05) is 24.3 Å². The van der Waals surface area contributed by atoms with Crippen molar-refractivity contribution in [2.45, 2.75) is 32.1 Å². The van der Waals surface area contributed by atoms with Crippen LogP contribution < -0.4 is 0 Å². The van der Waals surface area contributed by atoms with Crippen LogP contribution in [0.2, 0.25) is 5.02 Å². The van der Waals surface area contributed by atoms with Gasteiger partial charge in [0, 0.05) is 17.4 Å². The number of fused-ring (bicyclic) bond motifs is 1. The van der Waals surface area contributed by atoms with E-state index in [2.05, 4.69) is 0 Å². The molecule has 2 unspecified atom stereocenters. The maximum atomic E-state index is 12.2. The van der Waals surface area contributed by atoms with Crippen molar-refractivity contribution in [3.8, 4) is 0 Å². The summed E-state index contributed by atoms with van der Waals surface area (Å²) in [6.07, 6.45) is 5.76. The zero-order chi connectivity index (χ0) is 11.8. The molecule has 3 rings (SSSR count). The lowest BCUT2D eigenvalue weighted by Crippen LogP contribution is -2.07. The van der Waals surface area contributed by atoms with Crippen molar-refractivity contribution in [2.24, 2.45) is 17.8 Å². The van der Waals surface area contributed by atoms with Gasteiger partial charge in [0.15, 0.2) is 0 Å². The van der Waals surface area contributed by atoms with Gasteiger partial charge in [-0.1, -0.05) is 36.6 Å². The van der Waals surface area contributed by atoms with Gasteiger partial charge in [0.05, 0.1) is 0 Å². The second-order valence-corrected chi connectivity index (χ2v) is 5.85. The quantitative estimate of drug-likeness (QED) is 0.793. The fourth-order valence-electron chi connectivity index (χ4n) is 3.44. The van der Waals surface area contributed by atoms with E-state index in [9.17, 15) is 4.79 Å². The Bertz CT molecular complexity index is 428. The highest BCUT2D eigenvalue weighted by Gasteiger charge is 2.53. The van der Waals surface area contributed by atoms with E-state index in [1.165, 1.54) is 25.7 Å². The topological polar surface area (TPSA) is 17.1 Å². The number of benzene rings is 1. The average molecular weight is 249 g/mol. The minimum absolute atomic E-state index is 0.372. The SMILES string of the molecule is O=C(Cc1cccc(Cl)c1)C1C2CCCCC21. The molecule has 2 aliphatic carbocycles. The van der Waals surface area contributed by atoms with Gasteiger partial charge in [-0.3, -0.25) is 4.79 Å². The molecule has 0 radical (unpaired) electrons. The van der Waals surface area contributed by atoms with Crippen LogP contribution in [0.15, 0.2) is 24.3 Å². The third-order valence-corrected chi connectivity index (χ3v) is 4.53. The summed E-state index contributed by atoms with van der Waals surface area (Å²) in [6.45, 7) is 0. The molecule has 17 heavy (non-hydrogen) atoms. The van der Waals surface area contributed by atoms with Gasteiger partial charge in [-0.2, -0.15) is 0 Å². The van der Waals surface area contributed by atoms with Crippen LogP contribution in [0.5, 0.6) is 0 Å². The fourth-order valence-corrected chi connectivity index (χ4v) is 3.65. The van der Waals surface area contributed by atoms with Crippen LogP contribution in [-0.4, -0.2) is 5.78 Å². The Hall–Kier alpha value is -0.820. The normalized spacial score (nSPS) is 30.8. The molecule has 0 spiro atoms. The first-order valence-electron chi connectivity index (χ1n) is 6.53. The molecule has 1 aromatic carbocycles. The summed E-state index contributed by atoms with van der Waals surface area (Å²) in [4.78, 5) is 12.2. The van der Waals surface area contributed by atoms with Gasteiger partial charge in [0.1, 0.15) is 5.78 Å². The second-order valence-electron chi connectivity index (χ2n) is 5.41. The molecule has 0 bridgehead atoms. The molecule has 0 N–H and O–H groups in total. The number of carbonyl (C=O) groups is 1. The molecule has 2 fully saturated rings. The Labute approximate surface area is 107 Å². The highest BCUT2D eigenvalue weighted by atomic mass is 35.5. The van der Waals surface area contributed by atoms with Crippen LogP contribution in [-0.2, 0) is 11.2 Å². The number of rotatable bonds is 3. The van der Waals surface area contributed by atoms with Gasteiger partial charge in [0.2, 0.25) is 0 Å². The molecule has 2 saturated carbocycles. The maximum Gasteiger partial charge on any atom is 0.140 e. The molecule has 1 aromatic rings. The summed E-state index contributed by atoms with van der Waals surface area (Å²) in [5.41, 5.74) is 1.06. The van der Waals surface area contributed by atoms with Crippen LogP contribution >= 0.6 is 11.6 Å². The molecule has 2 atom stereocenters. The smallest absolute Gasteiger partial charge is 0.140 e. The summed E-state index contributed by atoms with van der Waals surface area (Å²) >= 11 is 5.93. The van der Waals surface area contributed by atoms with Crippen molar-refractivity contribution in [1.29, 1.82) is 0 Å². The first-order valence-corrected chi connectivity index (χ1v) is 6.90. The zero-order valence-corrected chi connectivity index (χ0v) is 10.6. The van der Waals surface area contributed by atoms with E-state index in [4.69, 9.17) is 11.6 Å². The minimum Gasteiger partial charge on any atom is -0.299 e. The number of Topliss-reactive ketones (excluding diaryl/α,β-unsaturated/α-hetero) is 1. The van der Waals surface area contributed by atoms with Gasteiger partial charge >= 0.3 is 0 Å². The van der Waals surface area contributed by atoms with Gasteiger partial charge in [-0.05, 0) is 42.4 Å². The molecule has 90 valence electrons. The molecule has 0 aromatic heterocycles. The first kappa shape index (κ1) is 11.3. The van der Waals surface area contributed by atoms with Gasteiger partial charge < -0.3 is 0 Å². The number of hydrogen-bond acceptors (Lipinski definition) is 1. The average Bonchev–Trinajstić information content (AvgIpc) is 3.03. The standard InChI is InChI=1S/C15H17ClO/c16-11-5-3-4-10(8-11)9-14(17)15-12-6-1-2-7-13(12)15/h3-5,8,12-13,15H,1-2,6-7,9H2. The number of hydrogen-bond donors (Lipinski definition) is 0. The van der Waals surface area contributed by atoms with E-state index in [0.29, 0.717) is 18.1 Å². The molecule has 0 saturated heterocycles. The summed E-state index contributed by atoms with van der Waals surface area (Å²) in [5, 5.41) is 0.725. The molecule has 0 heterocycles. The molecule has 2 heteroatoms. The number of halogens is 1. The van der Waals surface area contributed by atoms with Gasteiger partial charge in [0.25, 0.3) is 0 Å². The molecular formula is C15H17ClO. The molecule has 2 aliphatic rings.